The fraction of sp³-hybridized carbons (Fsp3) is 0.143. The van der Waals surface area contributed by atoms with Crippen LogP contribution in [-0.2, 0) is 0 Å². The van der Waals surface area contributed by atoms with Crippen molar-refractivity contribution in [3.63, 3.8) is 0 Å². The Balaban J connectivity index is 2.20. The van der Waals surface area contributed by atoms with Crippen LogP contribution in [0.1, 0.15) is 18.5 Å². The SMILES string of the molecule is CC(Nc1ccccc1I)c1ccccc1O. The zero-order valence-corrected chi connectivity index (χ0v) is 11.7. The van der Waals surface area contributed by atoms with Crippen molar-refractivity contribution in [2.45, 2.75) is 13.0 Å². The van der Waals surface area contributed by atoms with Crippen LogP contribution >= 0.6 is 22.6 Å². The van der Waals surface area contributed by atoms with Crippen LogP contribution in [0.5, 0.6) is 5.75 Å². The first-order valence-electron chi connectivity index (χ1n) is 5.47. The van der Waals surface area contributed by atoms with E-state index < -0.39 is 0 Å². The van der Waals surface area contributed by atoms with Gasteiger partial charge in [0, 0.05) is 14.8 Å². The van der Waals surface area contributed by atoms with Crippen LogP contribution < -0.4 is 5.32 Å². The van der Waals surface area contributed by atoms with Crippen molar-refractivity contribution in [2.24, 2.45) is 0 Å². The van der Waals surface area contributed by atoms with Gasteiger partial charge in [-0.15, -0.1) is 0 Å². The fourth-order valence-electron chi connectivity index (χ4n) is 1.74. The molecule has 0 amide bonds. The molecule has 2 nitrogen and oxygen atoms in total. The first-order valence-corrected chi connectivity index (χ1v) is 6.55. The van der Waals surface area contributed by atoms with Gasteiger partial charge in [-0.05, 0) is 47.7 Å². The number of hydrogen-bond donors (Lipinski definition) is 2. The number of benzene rings is 2. The highest BCUT2D eigenvalue weighted by Gasteiger charge is 2.10. The van der Waals surface area contributed by atoms with Gasteiger partial charge < -0.3 is 10.4 Å². The Bertz CT molecular complexity index is 513. The topological polar surface area (TPSA) is 32.3 Å². The summed E-state index contributed by atoms with van der Waals surface area (Å²) in [6, 6.07) is 15.6. The molecule has 88 valence electrons. The molecule has 0 aliphatic heterocycles. The summed E-state index contributed by atoms with van der Waals surface area (Å²) in [6.07, 6.45) is 0. The molecule has 1 unspecified atom stereocenters. The number of phenols is 1. The number of anilines is 1. The van der Waals surface area contributed by atoms with Gasteiger partial charge in [0.25, 0.3) is 0 Å². The number of rotatable bonds is 3. The third-order valence-electron chi connectivity index (χ3n) is 2.65. The Kier molecular flexibility index (Phi) is 3.89. The first kappa shape index (κ1) is 12.2. The van der Waals surface area contributed by atoms with Crippen LogP contribution in [0.2, 0.25) is 0 Å². The summed E-state index contributed by atoms with van der Waals surface area (Å²) in [5, 5.41) is 13.2. The Morgan fingerprint density at radius 1 is 1.06 bits per heavy atom. The average Bonchev–Trinajstić information content (AvgIpc) is 2.32. The van der Waals surface area contributed by atoms with E-state index in [9.17, 15) is 5.11 Å². The van der Waals surface area contributed by atoms with Crippen LogP contribution in [0.3, 0.4) is 0 Å². The lowest BCUT2D eigenvalue weighted by Gasteiger charge is -2.17. The highest BCUT2D eigenvalue weighted by molar-refractivity contribution is 14.1. The lowest BCUT2D eigenvalue weighted by Crippen LogP contribution is -2.07. The Labute approximate surface area is 115 Å². The average molecular weight is 339 g/mol. The van der Waals surface area contributed by atoms with E-state index in [-0.39, 0.29) is 6.04 Å². The quantitative estimate of drug-likeness (QED) is 0.823. The van der Waals surface area contributed by atoms with Gasteiger partial charge in [-0.1, -0.05) is 30.3 Å². The van der Waals surface area contributed by atoms with Crippen molar-refractivity contribution in [3.8, 4) is 5.75 Å². The second-order valence-corrected chi connectivity index (χ2v) is 5.07. The monoisotopic (exact) mass is 339 g/mol. The van der Waals surface area contributed by atoms with Gasteiger partial charge in [0.05, 0.1) is 6.04 Å². The normalized spacial score (nSPS) is 12.1. The summed E-state index contributed by atoms with van der Waals surface area (Å²) >= 11 is 2.30. The van der Waals surface area contributed by atoms with Gasteiger partial charge in [0.15, 0.2) is 0 Å². The van der Waals surface area contributed by atoms with Gasteiger partial charge in [0.2, 0.25) is 0 Å². The molecule has 0 radical (unpaired) electrons. The zero-order valence-electron chi connectivity index (χ0n) is 9.52. The molecule has 0 heterocycles. The van der Waals surface area contributed by atoms with Crippen molar-refractivity contribution in [3.05, 3.63) is 57.7 Å². The second-order valence-electron chi connectivity index (χ2n) is 3.90. The van der Waals surface area contributed by atoms with Crippen molar-refractivity contribution in [2.75, 3.05) is 5.32 Å². The highest BCUT2D eigenvalue weighted by Crippen LogP contribution is 2.28. The van der Waals surface area contributed by atoms with Crippen molar-refractivity contribution in [1.82, 2.24) is 0 Å². The van der Waals surface area contributed by atoms with E-state index in [1.807, 2.05) is 43.3 Å². The predicted molar refractivity (Wildman–Crippen MR) is 79.3 cm³/mol. The molecular weight excluding hydrogens is 325 g/mol. The largest absolute Gasteiger partial charge is 0.508 e. The Morgan fingerprint density at radius 3 is 2.41 bits per heavy atom. The van der Waals surface area contributed by atoms with E-state index in [2.05, 4.69) is 34.0 Å². The van der Waals surface area contributed by atoms with Gasteiger partial charge in [-0.3, -0.25) is 0 Å². The summed E-state index contributed by atoms with van der Waals surface area (Å²) in [5.41, 5.74) is 2.00. The van der Waals surface area contributed by atoms with E-state index in [0.717, 1.165) is 11.3 Å². The fourth-order valence-corrected chi connectivity index (χ4v) is 2.29. The summed E-state index contributed by atoms with van der Waals surface area (Å²) < 4.78 is 1.17. The Morgan fingerprint density at radius 2 is 1.71 bits per heavy atom. The molecule has 1 atom stereocenters. The Hall–Kier alpha value is -1.23. The lowest BCUT2D eigenvalue weighted by atomic mass is 10.1. The minimum atomic E-state index is 0.0760. The van der Waals surface area contributed by atoms with Gasteiger partial charge in [-0.25, -0.2) is 0 Å². The minimum absolute atomic E-state index is 0.0760. The summed E-state index contributed by atoms with van der Waals surface area (Å²) in [4.78, 5) is 0. The molecule has 2 rings (SSSR count). The molecule has 0 saturated heterocycles. The van der Waals surface area contributed by atoms with E-state index >= 15 is 0 Å². The highest BCUT2D eigenvalue weighted by atomic mass is 127. The number of hydrogen-bond acceptors (Lipinski definition) is 2. The maximum atomic E-state index is 9.79. The minimum Gasteiger partial charge on any atom is -0.508 e. The number of halogens is 1. The van der Waals surface area contributed by atoms with E-state index in [4.69, 9.17) is 0 Å². The molecule has 0 aliphatic rings. The predicted octanol–water partition coefficient (Wildman–Crippen LogP) is 4.17. The molecule has 2 N–H and O–H groups in total. The molecule has 0 saturated carbocycles. The standard InChI is InChI=1S/C14H14INO/c1-10(11-6-2-5-9-14(11)17)16-13-8-4-3-7-12(13)15/h2-10,16-17H,1H3. The molecule has 0 bridgehead atoms. The molecule has 0 aromatic heterocycles. The number of para-hydroxylation sites is 2. The van der Waals surface area contributed by atoms with Gasteiger partial charge in [-0.2, -0.15) is 0 Å². The van der Waals surface area contributed by atoms with E-state index in [1.165, 1.54) is 3.57 Å². The van der Waals surface area contributed by atoms with Crippen LogP contribution in [0.15, 0.2) is 48.5 Å². The molecule has 17 heavy (non-hydrogen) atoms. The van der Waals surface area contributed by atoms with Crippen molar-refractivity contribution in [1.29, 1.82) is 0 Å². The molecule has 2 aromatic rings. The number of aromatic hydroxyl groups is 1. The summed E-state index contributed by atoms with van der Waals surface area (Å²) in [7, 11) is 0. The number of nitrogens with one attached hydrogen (secondary N) is 1. The molecule has 0 aliphatic carbocycles. The summed E-state index contributed by atoms with van der Waals surface area (Å²) in [5.74, 6) is 0.332. The molecule has 0 spiro atoms. The van der Waals surface area contributed by atoms with E-state index in [1.54, 1.807) is 6.07 Å². The molecular formula is C14H14INO. The van der Waals surface area contributed by atoms with Crippen molar-refractivity contribution < 1.29 is 5.11 Å². The summed E-state index contributed by atoms with van der Waals surface area (Å²) in [6.45, 7) is 2.04. The maximum absolute atomic E-state index is 9.79. The third kappa shape index (κ3) is 2.91. The molecule has 0 fully saturated rings. The third-order valence-corrected chi connectivity index (χ3v) is 3.59. The van der Waals surface area contributed by atoms with Crippen LogP contribution in [-0.4, -0.2) is 5.11 Å². The number of phenolic OH excluding ortho intramolecular Hbond substituents is 1. The smallest absolute Gasteiger partial charge is 0.120 e. The second kappa shape index (κ2) is 5.40. The van der Waals surface area contributed by atoms with Crippen LogP contribution in [0.25, 0.3) is 0 Å². The van der Waals surface area contributed by atoms with Crippen LogP contribution in [0, 0.1) is 3.57 Å². The molecule has 3 heteroatoms. The van der Waals surface area contributed by atoms with Gasteiger partial charge >= 0.3 is 0 Å². The van der Waals surface area contributed by atoms with Crippen molar-refractivity contribution >= 4 is 28.3 Å². The van der Waals surface area contributed by atoms with Crippen LogP contribution in [0.4, 0.5) is 5.69 Å². The van der Waals surface area contributed by atoms with E-state index in [0.29, 0.717) is 5.75 Å². The molecule has 2 aromatic carbocycles. The first-order chi connectivity index (χ1) is 8.18. The lowest BCUT2D eigenvalue weighted by molar-refractivity contribution is 0.465. The maximum Gasteiger partial charge on any atom is 0.120 e. The van der Waals surface area contributed by atoms with Gasteiger partial charge in [0.1, 0.15) is 5.75 Å². The zero-order chi connectivity index (χ0) is 12.3.